The minimum Gasteiger partial charge on any atom is -0.493 e. The molecule has 0 bridgehead atoms. The van der Waals surface area contributed by atoms with Crippen molar-refractivity contribution in [3.05, 3.63) is 29.8 Å². The van der Waals surface area contributed by atoms with Crippen LogP contribution >= 0.6 is 0 Å². The number of para-hydroxylation sites is 1. The van der Waals surface area contributed by atoms with Crippen LogP contribution in [0, 0.1) is 12.3 Å². The van der Waals surface area contributed by atoms with Gasteiger partial charge in [-0.25, -0.2) is 0 Å². The van der Waals surface area contributed by atoms with Gasteiger partial charge >= 0.3 is 0 Å². The zero-order valence-electron chi connectivity index (χ0n) is 9.79. The second-order valence-corrected chi connectivity index (χ2v) is 4.64. The third-order valence-electron chi connectivity index (χ3n) is 2.85. The molecule has 0 spiro atoms. The molecule has 1 atom stereocenters. The molecule has 1 aromatic rings. The molecule has 84 valence electrons. The lowest BCUT2D eigenvalue weighted by atomic mass is 9.96. The van der Waals surface area contributed by atoms with E-state index in [1.165, 1.54) is 5.56 Å². The molecule has 0 fully saturated rings. The first-order valence-corrected chi connectivity index (χ1v) is 5.59. The standard InChI is InChI=1S/C14H17NO/c1-4-14(2,3)15-12-9-10-16-13-8-6-5-7-11(12)13/h1,5-8,12,15H,9-10H2,2-3H3. The molecule has 0 aliphatic carbocycles. The predicted octanol–water partition coefficient (Wildman–Crippen LogP) is 2.51. The van der Waals surface area contributed by atoms with E-state index in [-0.39, 0.29) is 11.6 Å². The average Bonchev–Trinajstić information content (AvgIpc) is 2.29. The third-order valence-corrected chi connectivity index (χ3v) is 2.85. The molecule has 0 saturated carbocycles. The van der Waals surface area contributed by atoms with E-state index in [1.54, 1.807) is 0 Å². The summed E-state index contributed by atoms with van der Waals surface area (Å²) in [5.74, 6) is 3.74. The van der Waals surface area contributed by atoms with E-state index in [1.807, 2.05) is 32.0 Å². The number of rotatable bonds is 2. The zero-order chi connectivity index (χ0) is 11.6. The molecule has 0 saturated heterocycles. The van der Waals surface area contributed by atoms with Crippen LogP contribution in [0.15, 0.2) is 24.3 Å². The van der Waals surface area contributed by atoms with Crippen LogP contribution in [0.1, 0.15) is 31.9 Å². The second kappa shape index (κ2) is 4.19. The summed E-state index contributed by atoms with van der Waals surface area (Å²) in [5.41, 5.74) is 0.923. The Morgan fingerprint density at radius 3 is 2.94 bits per heavy atom. The average molecular weight is 215 g/mol. The summed E-state index contributed by atoms with van der Waals surface area (Å²) in [6.45, 7) is 4.78. The Labute approximate surface area is 97.0 Å². The monoisotopic (exact) mass is 215 g/mol. The summed E-state index contributed by atoms with van der Waals surface area (Å²) in [5, 5.41) is 3.48. The molecule has 1 aromatic carbocycles. The summed E-state index contributed by atoms with van der Waals surface area (Å²) in [6.07, 6.45) is 6.46. The van der Waals surface area contributed by atoms with E-state index < -0.39 is 0 Å². The summed E-state index contributed by atoms with van der Waals surface area (Å²) in [4.78, 5) is 0. The van der Waals surface area contributed by atoms with Gasteiger partial charge in [0.2, 0.25) is 0 Å². The number of hydrogen-bond acceptors (Lipinski definition) is 2. The first-order chi connectivity index (χ1) is 7.62. The fraction of sp³-hybridized carbons (Fsp3) is 0.429. The lowest BCUT2D eigenvalue weighted by Crippen LogP contribution is -2.42. The van der Waals surface area contributed by atoms with Gasteiger partial charge in [-0.05, 0) is 19.9 Å². The Bertz CT molecular complexity index is 417. The van der Waals surface area contributed by atoms with E-state index in [9.17, 15) is 0 Å². The largest absolute Gasteiger partial charge is 0.493 e. The Hall–Kier alpha value is -1.46. The molecule has 2 rings (SSSR count). The molecule has 0 radical (unpaired) electrons. The van der Waals surface area contributed by atoms with Gasteiger partial charge in [0.15, 0.2) is 0 Å². The van der Waals surface area contributed by atoms with E-state index >= 15 is 0 Å². The highest BCUT2D eigenvalue weighted by molar-refractivity contribution is 5.37. The summed E-state index contributed by atoms with van der Waals surface area (Å²) in [7, 11) is 0. The van der Waals surface area contributed by atoms with Crippen molar-refractivity contribution in [1.29, 1.82) is 0 Å². The van der Waals surface area contributed by atoms with Gasteiger partial charge in [-0.2, -0.15) is 0 Å². The van der Waals surface area contributed by atoms with Crippen molar-refractivity contribution in [2.24, 2.45) is 0 Å². The summed E-state index contributed by atoms with van der Waals surface area (Å²) < 4.78 is 5.61. The molecular formula is C14H17NO. The second-order valence-electron chi connectivity index (χ2n) is 4.64. The number of fused-ring (bicyclic) bond motifs is 1. The third kappa shape index (κ3) is 2.20. The van der Waals surface area contributed by atoms with Crippen LogP contribution in [0.3, 0.4) is 0 Å². The Balaban J connectivity index is 2.23. The number of benzene rings is 1. The SMILES string of the molecule is C#CC(C)(C)NC1CCOc2ccccc21. The van der Waals surface area contributed by atoms with Gasteiger partial charge in [0, 0.05) is 18.0 Å². The fourth-order valence-corrected chi connectivity index (χ4v) is 1.97. The van der Waals surface area contributed by atoms with Crippen LogP contribution in [-0.2, 0) is 0 Å². The smallest absolute Gasteiger partial charge is 0.124 e. The van der Waals surface area contributed by atoms with Gasteiger partial charge in [-0.3, -0.25) is 5.32 Å². The number of hydrogen-bond donors (Lipinski definition) is 1. The maximum atomic E-state index is 5.61. The Morgan fingerprint density at radius 1 is 1.44 bits per heavy atom. The van der Waals surface area contributed by atoms with Gasteiger partial charge in [0.1, 0.15) is 5.75 Å². The highest BCUT2D eigenvalue weighted by Crippen LogP contribution is 2.32. The first kappa shape index (κ1) is 11.0. The van der Waals surface area contributed by atoms with Gasteiger partial charge in [-0.15, -0.1) is 6.42 Å². The first-order valence-electron chi connectivity index (χ1n) is 5.59. The van der Waals surface area contributed by atoms with Gasteiger partial charge in [-0.1, -0.05) is 24.1 Å². The van der Waals surface area contributed by atoms with Crippen molar-refractivity contribution in [2.75, 3.05) is 6.61 Å². The van der Waals surface area contributed by atoms with Crippen molar-refractivity contribution in [3.8, 4) is 18.1 Å². The molecule has 0 amide bonds. The maximum absolute atomic E-state index is 5.61. The van der Waals surface area contributed by atoms with Gasteiger partial charge in [0.05, 0.1) is 12.1 Å². The maximum Gasteiger partial charge on any atom is 0.124 e. The molecule has 1 N–H and O–H groups in total. The van der Waals surface area contributed by atoms with E-state index in [2.05, 4.69) is 17.3 Å². The Morgan fingerprint density at radius 2 is 2.19 bits per heavy atom. The lowest BCUT2D eigenvalue weighted by molar-refractivity contribution is 0.239. The molecule has 1 aliphatic rings. The van der Waals surface area contributed by atoms with Crippen LogP contribution in [0.25, 0.3) is 0 Å². The fourth-order valence-electron chi connectivity index (χ4n) is 1.97. The van der Waals surface area contributed by atoms with Crippen LogP contribution in [-0.4, -0.2) is 12.1 Å². The molecule has 1 unspecified atom stereocenters. The number of terminal acetylenes is 1. The minimum absolute atomic E-state index is 0.283. The summed E-state index contributed by atoms with van der Waals surface area (Å²) >= 11 is 0. The predicted molar refractivity (Wildman–Crippen MR) is 65.3 cm³/mol. The Kier molecular flexibility index (Phi) is 2.89. The van der Waals surface area contributed by atoms with E-state index in [4.69, 9.17) is 11.2 Å². The highest BCUT2D eigenvalue weighted by atomic mass is 16.5. The molecule has 16 heavy (non-hydrogen) atoms. The highest BCUT2D eigenvalue weighted by Gasteiger charge is 2.25. The molecule has 2 heteroatoms. The van der Waals surface area contributed by atoms with Crippen molar-refractivity contribution in [1.82, 2.24) is 5.32 Å². The van der Waals surface area contributed by atoms with Crippen molar-refractivity contribution >= 4 is 0 Å². The lowest BCUT2D eigenvalue weighted by Gasteiger charge is -2.32. The van der Waals surface area contributed by atoms with Crippen molar-refractivity contribution < 1.29 is 4.74 Å². The van der Waals surface area contributed by atoms with Crippen molar-refractivity contribution in [2.45, 2.75) is 31.8 Å². The topological polar surface area (TPSA) is 21.3 Å². The molecule has 2 nitrogen and oxygen atoms in total. The van der Waals surface area contributed by atoms with Crippen LogP contribution in [0.2, 0.25) is 0 Å². The quantitative estimate of drug-likeness (QED) is 0.765. The summed E-state index contributed by atoms with van der Waals surface area (Å²) in [6, 6.07) is 8.42. The van der Waals surface area contributed by atoms with Crippen LogP contribution in [0.4, 0.5) is 0 Å². The molecule has 1 heterocycles. The van der Waals surface area contributed by atoms with E-state index in [0.29, 0.717) is 0 Å². The molecular weight excluding hydrogens is 198 g/mol. The van der Waals surface area contributed by atoms with Crippen molar-refractivity contribution in [3.63, 3.8) is 0 Å². The number of ether oxygens (including phenoxy) is 1. The minimum atomic E-state index is -0.283. The number of nitrogens with one attached hydrogen (secondary N) is 1. The van der Waals surface area contributed by atoms with Crippen LogP contribution < -0.4 is 10.1 Å². The van der Waals surface area contributed by atoms with Crippen LogP contribution in [0.5, 0.6) is 5.75 Å². The zero-order valence-corrected chi connectivity index (χ0v) is 9.79. The molecule has 0 aromatic heterocycles. The van der Waals surface area contributed by atoms with Gasteiger partial charge in [0.25, 0.3) is 0 Å². The van der Waals surface area contributed by atoms with E-state index in [0.717, 1.165) is 18.8 Å². The van der Waals surface area contributed by atoms with Gasteiger partial charge < -0.3 is 4.74 Å². The molecule has 1 aliphatic heterocycles. The normalized spacial score (nSPS) is 19.4.